The highest BCUT2D eigenvalue weighted by Gasteiger charge is 2.10. The van der Waals surface area contributed by atoms with E-state index in [1.807, 2.05) is 29.7 Å². The molecule has 0 aliphatic heterocycles. The molecule has 0 unspecified atom stereocenters. The van der Waals surface area contributed by atoms with Crippen LogP contribution in [0.15, 0.2) is 35.8 Å². The second-order valence-corrected chi connectivity index (χ2v) is 5.91. The van der Waals surface area contributed by atoms with Crippen LogP contribution >= 0.6 is 11.3 Å². The zero-order valence-electron chi connectivity index (χ0n) is 12.2. The smallest absolute Gasteiger partial charge is 0.0544 e. The zero-order valence-corrected chi connectivity index (χ0v) is 13.0. The number of ether oxygens (including phenoxy) is 1. The van der Waals surface area contributed by atoms with Crippen LogP contribution in [0.5, 0.6) is 0 Å². The minimum absolute atomic E-state index is 0.808. The standard InChI is InChI=1S/C16H22N2OS/c1-14-7-11-20-16(14)13-18(9-5-10-19-2)12-15-6-3-4-8-17-15/h3-4,6-8,11H,5,9-10,12-13H2,1-2H3. The van der Waals surface area contributed by atoms with Crippen LogP contribution in [0.2, 0.25) is 0 Å². The molecule has 0 spiro atoms. The highest BCUT2D eigenvalue weighted by molar-refractivity contribution is 7.10. The van der Waals surface area contributed by atoms with Gasteiger partial charge in [0.05, 0.1) is 5.69 Å². The predicted molar refractivity (Wildman–Crippen MR) is 83.9 cm³/mol. The number of thiophene rings is 1. The molecular weight excluding hydrogens is 268 g/mol. The minimum Gasteiger partial charge on any atom is -0.385 e. The third kappa shape index (κ3) is 4.71. The fourth-order valence-electron chi connectivity index (χ4n) is 2.14. The summed E-state index contributed by atoms with van der Waals surface area (Å²) in [5, 5.41) is 2.17. The van der Waals surface area contributed by atoms with Crippen molar-refractivity contribution in [2.75, 3.05) is 20.3 Å². The Morgan fingerprint density at radius 2 is 2.15 bits per heavy atom. The molecule has 0 bridgehead atoms. The van der Waals surface area contributed by atoms with Gasteiger partial charge >= 0.3 is 0 Å². The summed E-state index contributed by atoms with van der Waals surface area (Å²) in [6, 6.07) is 8.28. The van der Waals surface area contributed by atoms with Gasteiger partial charge in [-0.25, -0.2) is 0 Å². The fourth-order valence-corrected chi connectivity index (χ4v) is 3.08. The molecule has 0 saturated heterocycles. The molecule has 2 heterocycles. The quantitative estimate of drug-likeness (QED) is 0.696. The monoisotopic (exact) mass is 290 g/mol. The van der Waals surface area contributed by atoms with E-state index in [2.05, 4.69) is 34.3 Å². The topological polar surface area (TPSA) is 25.4 Å². The van der Waals surface area contributed by atoms with Crippen LogP contribution in [-0.2, 0) is 17.8 Å². The Labute approximate surface area is 125 Å². The van der Waals surface area contributed by atoms with E-state index in [4.69, 9.17) is 4.74 Å². The van der Waals surface area contributed by atoms with E-state index in [1.54, 1.807) is 7.11 Å². The van der Waals surface area contributed by atoms with E-state index in [0.717, 1.165) is 38.4 Å². The van der Waals surface area contributed by atoms with Crippen LogP contribution in [0.1, 0.15) is 22.6 Å². The first-order chi connectivity index (χ1) is 9.79. The number of nitrogens with zero attached hydrogens (tertiary/aromatic N) is 2. The summed E-state index contributed by atoms with van der Waals surface area (Å²) in [6.45, 7) is 5.90. The average molecular weight is 290 g/mol. The summed E-state index contributed by atoms with van der Waals surface area (Å²) >= 11 is 1.83. The van der Waals surface area contributed by atoms with Crippen LogP contribution in [0.4, 0.5) is 0 Å². The Bertz CT molecular complexity index is 498. The van der Waals surface area contributed by atoms with Gasteiger partial charge in [-0.2, -0.15) is 0 Å². The number of hydrogen-bond donors (Lipinski definition) is 0. The van der Waals surface area contributed by atoms with Crippen molar-refractivity contribution < 1.29 is 4.74 Å². The van der Waals surface area contributed by atoms with E-state index >= 15 is 0 Å². The van der Waals surface area contributed by atoms with Crippen LogP contribution in [0.3, 0.4) is 0 Å². The molecule has 0 N–H and O–H groups in total. The fraction of sp³-hybridized carbons (Fsp3) is 0.438. The van der Waals surface area contributed by atoms with Gasteiger partial charge in [0.25, 0.3) is 0 Å². The SMILES string of the molecule is COCCCN(Cc1ccccn1)Cc1sccc1C. The minimum atomic E-state index is 0.808. The largest absolute Gasteiger partial charge is 0.385 e. The Balaban J connectivity index is 1.98. The molecular formula is C16H22N2OS. The number of aryl methyl sites for hydroxylation is 1. The van der Waals surface area contributed by atoms with Gasteiger partial charge in [0.2, 0.25) is 0 Å². The van der Waals surface area contributed by atoms with Crippen LogP contribution in [-0.4, -0.2) is 30.1 Å². The summed E-state index contributed by atoms with van der Waals surface area (Å²) in [7, 11) is 1.76. The van der Waals surface area contributed by atoms with E-state index < -0.39 is 0 Å². The lowest BCUT2D eigenvalue weighted by Gasteiger charge is -2.21. The highest BCUT2D eigenvalue weighted by atomic mass is 32.1. The summed E-state index contributed by atoms with van der Waals surface area (Å²) < 4.78 is 5.16. The zero-order chi connectivity index (χ0) is 14.2. The van der Waals surface area contributed by atoms with Crippen molar-refractivity contribution in [1.29, 1.82) is 0 Å². The van der Waals surface area contributed by atoms with Crippen molar-refractivity contribution in [1.82, 2.24) is 9.88 Å². The molecule has 0 fully saturated rings. The number of hydrogen-bond acceptors (Lipinski definition) is 4. The van der Waals surface area contributed by atoms with Crippen LogP contribution in [0.25, 0.3) is 0 Å². The van der Waals surface area contributed by atoms with Gasteiger partial charge in [0.15, 0.2) is 0 Å². The maximum atomic E-state index is 5.16. The molecule has 4 heteroatoms. The maximum absolute atomic E-state index is 5.16. The molecule has 0 radical (unpaired) electrons. The number of pyridine rings is 1. The molecule has 0 aromatic carbocycles. The number of aromatic nitrogens is 1. The van der Waals surface area contributed by atoms with Crippen molar-refractivity contribution >= 4 is 11.3 Å². The number of rotatable bonds is 8. The van der Waals surface area contributed by atoms with Gasteiger partial charge in [-0.1, -0.05) is 6.07 Å². The highest BCUT2D eigenvalue weighted by Crippen LogP contribution is 2.19. The van der Waals surface area contributed by atoms with Crippen molar-refractivity contribution in [3.05, 3.63) is 52.0 Å². The molecule has 0 atom stereocenters. The van der Waals surface area contributed by atoms with E-state index in [0.29, 0.717) is 0 Å². The summed E-state index contributed by atoms with van der Waals surface area (Å²) in [5.41, 5.74) is 2.51. The normalized spacial score (nSPS) is 11.2. The Morgan fingerprint density at radius 3 is 2.80 bits per heavy atom. The van der Waals surface area contributed by atoms with E-state index in [1.165, 1.54) is 10.4 Å². The van der Waals surface area contributed by atoms with Crippen molar-refractivity contribution in [3.63, 3.8) is 0 Å². The third-order valence-corrected chi connectivity index (χ3v) is 4.28. The summed E-state index contributed by atoms with van der Waals surface area (Å²) in [5.74, 6) is 0. The molecule has 20 heavy (non-hydrogen) atoms. The predicted octanol–water partition coefficient (Wildman–Crippen LogP) is 3.49. The lowest BCUT2D eigenvalue weighted by molar-refractivity contribution is 0.166. The molecule has 2 aromatic rings. The molecule has 3 nitrogen and oxygen atoms in total. The first-order valence-corrected chi connectivity index (χ1v) is 7.81. The van der Waals surface area contributed by atoms with Crippen molar-refractivity contribution in [3.8, 4) is 0 Å². The molecule has 0 amide bonds. The molecule has 0 saturated carbocycles. The molecule has 108 valence electrons. The van der Waals surface area contributed by atoms with Crippen molar-refractivity contribution in [2.24, 2.45) is 0 Å². The molecule has 2 aromatic heterocycles. The van der Waals surface area contributed by atoms with Gasteiger partial charge < -0.3 is 4.74 Å². The van der Waals surface area contributed by atoms with Crippen LogP contribution < -0.4 is 0 Å². The summed E-state index contributed by atoms with van der Waals surface area (Å²) in [4.78, 5) is 8.32. The van der Waals surface area contributed by atoms with E-state index in [9.17, 15) is 0 Å². The lowest BCUT2D eigenvalue weighted by Crippen LogP contribution is -2.25. The maximum Gasteiger partial charge on any atom is 0.0544 e. The van der Waals surface area contributed by atoms with Gasteiger partial charge in [0.1, 0.15) is 0 Å². The van der Waals surface area contributed by atoms with Gasteiger partial charge in [0, 0.05) is 44.4 Å². The number of methoxy groups -OCH3 is 1. The summed E-state index contributed by atoms with van der Waals surface area (Å²) in [6.07, 6.45) is 2.91. The first-order valence-electron chi connectivity index (χ1n) is 6.94. The van der Waals surface area contributed by atoms with E-state index in [-0.39, 0.29) is 0 Å². The second-order valence-electron chi connectivity index (χ2n) is 4.90. The second kappa shape index (κ2) is 8.15. The Hall–Kier alpha value is -1.23. The Morgan fingerprint density at radius 1 is 1.25 bits per heavy atom. The third-order valence-electron chi connectivity index (χ3n) is 3.27. The van der Waals surface area contributed by atoms with Crippen LogP contribution in [0, 0.1) is 6.92 Å². The molecule has 0 aliphatic carbocycles. The Kier molecular flexibility index (Phi) is 6.18. The average Bonchev–Trinajstić information content (AvgIpc) is 2.85. The molecule has 0 aliphatic rings. The van der Waals surface area contributed by atoms with Crippen molar-refractivity contribution in [2.45, 2.75) is 26.4 Å². The van der Waals surface area contributed by atoms with Gasteiger partial charge in [-0.15, -0.1) is 11.3 Å². The lowest BCUT2D eigenvalue weighted by atomic mass is 10.2. The van der Waals surface area contributed by atoms with Gasteiger partial charge in [-0.3, -0.25) is 9.88 Å². The molecule has 2 rings (SSSR count). The van der Waals surface area contributed by atoms with Gasteiger partial charge in [-0.05, 0) is 42.5 Å². The first kappa shape index (κ1) is 15.2.